The number of hydrogen-bond acceptors (Lipinski definition) is 7. The molecule has 2 atom stereocenters. The van der Waals surface area contributed by atoms with Gasteiger partial charge in [-0.25, -0.2) is 9.88 Å². The van der Waals surface area contributed by atoms with Gasteiger partial charge in [-0.3, -0.25) is 9.59 Å². The van der Waals surface area contributed by atoms with Gasteiger partial charge in [0, 0.05) is 37.2 Å². The van der Waals surface area contributed by atoms with E-state index in [-0.39, 0.29) is 11.9 Å². The molecule has 0 amide bonds. The lowest BCUT2D eigenvalue weighted by molar-refractivity contribution is -0.253. The Balaban J connectivity index is 1.41. The number of ether oxygens (including phenoxy) is 2. The normalized spacial score (nSPS) is 22.4. The summed E-state index contributed by atoms with van der Waals surface area (Å²) >= 11 is 0. The van der Waals surface area contributed by atoms with Gasteiger partial charge >= 0.3 is 11.9 Å². The van der Waals surface area contributed by atoms with Crippen molar-refractivity contribution in [3.05, 3.63) is 66.2 Å². The molecular weight excluding hydrogens is 513 g/mol. The van der Waals surface area contributed by atoms with Crippen molar-refractivity contribution in [1.29, 1.82) is 0 Å². The van der Waals surface area contributed by atoms with E-state index < -0.39 is 23.8 Å². The highest BCUT2D eigenvalue weighted by Gasteiger charge is 2.52. The third kappa shape index (κ3) is 4.71. The molecule has 2 fully saturated rings. The Hall–Kier alpha value is -3.56. The van der Waals surface area contributed by atoms with Gasteiger partial charge in [0.05, 0.1) is 25.0 Å². The number of hydrogen-bond donors (Lipinski definition) is 0. The van der Waals surface area contributed by atoms with E-state index in [1.165, 1.54) is 13.5 Å². The van der Waals surface area contributed by atoms with Gasteiger partial charge in [0.2, 0.25) is 5.78 Å². The number of halogens is 1. The number of carbonyl (C=O) groups excluding carboxylic acids is 2. The standard InChI is InChI=1S/C31H34FN3O5/c1-34-18-24(23-7-3-4-8-26(23)34)28(21-11-14-25-27(17-21)39-19-33-25)29(36)31(32,35-15-5-6-16-35)40-22-12-9-20(10-13-22)30(37)38-2/h3-4,7-8,11,14,17-20,22,28H,5-6,9-10,12-13,15-16H2,1-2H3. The van der Waals surface area contributed by atoms with Crippen LogP contribution in [0, 0.1) is 5.92 Å². The van der Waals surface area contributed by atoms with Crippen LogP contribution in [-0.2, 0) is 26.1 Å². The number of Topliss-reactive ketones (excluding diaryl/α,β-unsaturated/α-hetero) is 1. The van der Waals surface area contributed by atoms with E-state index in [2.05, 4.69) is 4.98 Å². The lowest BCUT2D eigenvalue weighted by Crippen LogP contribution is -2.56. The van der Waals surface area contributed by atoms with Crippen LogP contribution in [-0.4, -0.2) is 58.5 Å². The van der Waals surface area contributed by atoms with Crippen LogP contribution in [0.1, 0.15) is 55.6 Å². The third-order valence-electron chi connectivity index (χ3n) is 8.54. The van der Waals surface area contributed by atoms with Gasteiger partial charge < -0.3 is 18.5 Å². The number of para-hydroxylation sites is 1. The predicted molar refractivity (Wildman–Crippen MR) is 147 cm³/mol. The van der Waals surface area contributed by atoms with Crippen LogP contribution >= 0.6 is 0 Å². The number of oxazole rings is 1. The van der Waals surface area contributed by atoms with Crippen molar-refractivity contribution >= 4 is 33.8 Å². The number of aromatic nitrogens is 2. The number of carbonyl (C=O) groups is 2. The smallest absolute Gasteiger partial charge is 0.330 e. The van der Waals surface area contributed by atoms with E-state index in [1.54, 1.807) is 17.0 Å². The highest BCUT2D eigenvalue weighted by Crippen LogP contribution is 2.41. The zero-order valence-corrected chi connectivity index (χ0v) is 22.8. The molecule has 3 heterocycles. The first kappa shape index (κ1) is 26.7. The van der Waals surface area contributed by atoms with Crippen LogP contribution in [0.4, 0.5) is 4.39 Å². The fraction of sp³-hybridized carbons (Fsp3) is 0.452. The van der Waals surface area contributed by atoms with Gasteiger partial charge in [-0.2, -0.15) is 4.39 Å². The van der Waals surface area contributed by atoms with E-state index in [0.717, 1.165) is 23.7 Å². The molecule has 2 aromatic heterocycles. The second-order valence-corrected chi connectivity index (χ2v) is 11.0. The van der Waals surface area contributed by atoms with Crippen molar-refractivity contribution in [2.24, 2.45) is 13.0 Å². The first-order valence-corrected chi connectivity index (χ1v) is 14.0. The monoisotopic (exact) mass is 547 g/mol. The molecule has 1 aliphatic heterocycles. The first-order chi connectivity index (χ1) is 19.4. The maximum atomic E-state index is 17.5. The number of rotatable bonds is 8. The van der Waals surface area contributed by atoms with Gasteiger partial charge in [-0.1, -0.05) is 24.3 Å². The minimum Gasteiger partial charge on any atom is -0.469 e. The fourth-order valence-corrected chi connectivity index (χ4v) is 6.40. The van der Waals surface area contributed by atoms with Crippen LogP contribution in [0.15, 0.2) is 59.5 Å². The molecule has 2 unspecified atom stereocenters. The Morgan fingerprint density at radius 1 is 1.10 bits per heavy atom. The minimum atomic E-state index is -2.63. The van der Waals surface area contributed by atoms with Crippen molar-refractivity contribution in [3.63, 3.8) is 0 Å². The second-order valence-electron chi connectivity index (χ2n) is 11.0. The molecule has 2 aliphatic rings. The van der Waals surface area contributed by atoms with Crippen LogP contribution in [0.2, 0.25) is 0 Å². The molecule has 40 heavy (non-hydrogen) atoms. The molecule has 8 nitrogen and oxygen atoms in total. The number of nitrogens with zero attached hydrogens (tertiary/aromatic N) is 3. The van der Waals surface area contributed by atoms with E-state index in [0.29, 0.717) is 61.0 Å². The van der Waals surface area contributed by atoms with Crippen LogP contribution in [0.25, 0.3) is 22.0 Å². The SMILES string of the molecule is COC(=O)C1CCC(OC(F)(C(=O)C(c2ccc3ncoc3c2)c2cn(C)c3ccccc23)N2CCCC2)CC1. The third-order valence-corrected chi connectivity index (χ3v) is 8.54. The summed E-state index contributed by atoms with van der Waals surface area (Å²) in [4.78, 5) is 32.5. The molecule has 0 N–H and O–H groups in total. The Morgan fingerprint density at radius 3 is 2.60 bits per heavy atom. The molecule has 0 radical (unpaired) electrons. The molecule has 0 bridgehead atoms. The summed E-state index contributed by atoms with van der Waals surface area (Å²) in [6.45, 7) is 0.867. The summed E-state index contributed by atoms with van der Waals surface area (Å²) in [6, 6.07) is 13.2. The van der Waals surface area contributed by atoms with Crippen molar-refractivity contribution < 1.29 is 27.9 Å². The molecular formula is C31H34FN3O5. The largest absolute Gasteiger partial charge is 0.469 e. The summed E-state index contributed by atoms with van der Waals surface area (Å²) in [7, 11) is 3.31. The topological polar surface area (TPSA) is 86.8 Å². The van der Waals surface area contributed by atoms with E-state index in [9.17, 15) is 9.59 Å². The minimum absolute atomic E-state index is 0.224. The van der Waals surface area contributed by atoms with E-state index in [1.807, 2.05) is 48.1 Å². The number of methoxy groups -OCH3 is 1. The van der Waals surface area contributed by atoms with Crippen molar-refractivity contribution in [2.75, 3.05) is 20.2 Å². The molecule has 1 saturated heterocycles. The summed E-state index contributed by atoms with van der Waals surface area (Å²) in [5, 5.41) is 0.878. The number of fused-ring (bicyclic) bond motifs is 2. The summed E-state index contributed by atoms with van der Waals surface area (Å²) in [5.41, 5.74) is 3.47. The molecule has 6 rings (SSSR count). The van der Waals surface area contributed by atoms with Gasteiger partial charge in [-0.15, -0.1) is 0 Å². The maximum absolute atomic E-state index is 17.5. The molecule has 4 aromatic rings. The maximum Gasteiger partial charge on any atom is 0.330 e. The average Bonchev–Trinajstić information content (AvgIpc) is 3.75. The van der Waals surface area contributed by atoms with Gasteiger partial charge in [0.1, 0.15) is 5.52 Å². The summed E-state index contributed by atoms with van der Waals surface area (Å²) < 4.78 is 36.1. The average molecular weight is 548 g/mol. The molecule has 2 aromatic carbocycles. The number of likely N-dealkylation sites (tertiary alicyclic amines) is 1. The van der Waals surface area contributed by atoms with Crippen molar-refractivity contribution in [2.45, 2.75) is 56.5 Å². The number of esters is 1. The highest BCUT2D eigenvalue weighted by atomic mass is 19.2. The fourth-order valence-electron chi connectivity index (χ4n) is 6.40. The van der Waals surface area contributed by atoms with Crippen LogP contribution in [0.3, 0.4) is 0 Å². The summed E-state index contributed by atoms with van der Waals surface area (Å²) in [5.74, 6) is -4.70. The highest BCUT2D eigenvalue weighted by molar-refractivity contribution is 5.99. The first-order valence-electron chi connectivity index (χ1n) is 14.0. The zero-order chi connectivity index (χ0) is 27.9. The molecule has 1 saturated carbocycles. The van der Waals surface area contributed by atoms with Gasteiger partial charge in [-0.05, 0) is 67.9 Å². The second kappa shape index (κ2) is 10.8. The Kier molecular flexibility index (Phi) is 7.18. The van der Waals surface area contributed by atoms with E-state index in [4.69, 9.17) is 13.9 Å². The Morgan fingerprint density at radius 2 is 1.85 bits per heavy atom. The number of aryl methyl sites for hydroxylation is 1. The quantitative estimate of drug-likeness (QED) is 0.213. The van der Waals surface area contributed by atoms with Crippen molar-refractivity contribution in [1.82, 2.24) is 14.5 Å². The molecule has 1 aliphatic carbocycles. The van der Waals surface area contributed by atoms with E-state index >= 15 is 4.39 Å². The van der Waals surface area contributed by atoms with Gasteiger partial charge in [0.25, 0.3) is 0 Å². The molecule has 9 heteroatoms. The summed E-state index contributed by atoms with van der Waals surface area (Å²) in [6.07, 6.45) is 6.41. The van der Waals surface area contributed by atoms with Crippen LogP contribution in [0.5, 0.6) is 0 Å². The van der Waals surface area contributed by atoms with Crippen molar-refractivity contribution in [3.8, 4) is 0 Å². The molecule has 210 valence electrons. The zero-order valence-electron chi connectivity index (χ0n) is 22.8. The predicted octanol–water partition coefficient (Wildman–Crippen LogP) is 5.49. The lowest BCUT2D eigenvalue weighted by Gasteiger charge is -2.39. The number of ketones is 1. The van der Waals surface area contributed by atoms with Gasteiger partial charge in [0.15, 0.2) is 12.0 Å². The lowest BCUT2D eigenvalue weighted by atomic mass is 9.85. The number of alkyl halides is 1. The van der Waals surface area contributed by atoms with Crippen LogP contribution < -0.4 is 0 Å². The number of benzene rings is 2. The molecule has 0 spiro atoms. The Bertz CT molecular complexity index is 1530. The Labute approximate surface area is 232 Å².